The third-order valence-corrected chi connectivity index (χ3v) is 5.14. The van der Waals surface area contributed by atoms with Gasteiger partial charge in [-0.05, 0) is 61.2 Å². The maximum absolute atomic E-state index is 12.4. The van der Waals surface area contributed by atoms with Gasteiger partial charge in [-0.25, -0.2) is 0 Å². The summed E-state index contributed by atoms with van der Waals surface area (Å²) < 4.78 is 5.52. The van der Waals surface area contributed by atoms with Crippen molar-refractivity contribution in [2.45, 2.75) is 39.2 Å². The third kappa shape index (κ3) is 8.23. The van der Waals surface area contributed by atoms with Crippen LogP contribution in [-0.4, -0.2) is 43.5 Å². The van der Waals surface area contributed by atoms with E-state index in [0.717, 1.165) is 19.4 Å². The van der Waals surface area contributed by atoms with E-state index in [-0.39, 0.29) is 36.3 Å². The van der Waals surface area contributed by atoms with Gasteiger partial charge in [-0.15, -0.1) is 0 Å². The van der Waals surface area contributed by atoms with E-state index in [1.807, 2.05) is 13.8 Å². The molecule has 8 nitrogen and oxygen atoms in total. The Morgan fingerprint density at radius 3 is 2.30 bits per heavy atom. The van der Waals surface area contributed by atoms with E-state index in [4.69, 9.17) is 4.74 Å². The fourth-order valence-electron chi connectivity index (χ4n) is 3.49. The molecule has 0 radical (unpaired) electrons. The average molecular weight is 453 g/mol. The Morgan fingerprint density at radius 1 is 0.970 bits per heavy atom. The van der Waals surface area contributed by atoms with E-state index >= 15 is 0 Å². The van der Waals surface area contributed by atoms with Crippen molar-refractivity contribution in [1.82, 2.24) is 5.32 Å². The van der Waals surface area contributed by atoms with E-state index in [0.29, 0.717) is 35.6 Å². The molecule has 1 aliphatic rings. The van der Waals surface area contributed by atoms with Gasteiger partial charge >= 0.3 is 0 Å². The van der Waals surface area contributed by atoms with Crippen LogP contribution >= 0.6 is 0 Å². The highest BCUT2D eigenvalue weighted by molar-refractivity contribution is 5.96. The summed E-state index contributed by atoms with van der Waals surface area (Å²) in [6.45, 7) is 5.28. The van der Waals surface area contributed by atoms with Crippen LogP contribution in [0.25, 0.3) is 0 Å². The van der Waals surface area contributed by atoms with Crippen LogP contribution in [0.4, 0.5) is 17.1 Å². The van der Waals surface area contributed by atoms with Crippen molar-refractivity contribution in [3.05, 3.63) is 54.1 Å². The van der Waals surface area contributed by atoms with Crippen LogP contribution in [0.5, 0.6) is 0 Å². The van der Waals surface area contributed by atoms with Gasteiger partial charge in [-0.2, -0.15) is 0 Å². The Kier molecular flexibility index (Phi) is 8.83. The lowest BCUT2D eigenvalue weighted by Crippen LogP contribution is -2.31. The first kappa shape index (κ1) is 24.3. The van der Waals surface area contributed by atoms with Crippen molar-refractivity contribution in [2.24, 2.45) is 5.92 Å². The Labute approximate surface area is 194 Å². The number of ether oxygens (including phenoxy) is 1. The average Bonchev–Trinajstić information content (AvgIpc) is 3.31. The molecule has 3 amide bonds. The zero-order valence-corrected chi connectivity index (χ0v) is 19.1. The quantitative estimate of drug-likeness (QED) is 0.440. The molecule has 1 fully saturated rings. The van der Waals surface area contributed by atoms with Gasteiger partial charge in [-0.3, -0.25) is 14.4 Å². The van der Waals surface area contributed by atoms with Gasteiger partial charge in [0, 0.05) is 42.2 Å². The topological polar surface area (TPSA) is 109 Å². The number of rotatable bonds is 10. The number of nitrogens with one attached hydrogen (secondary N) is 4. The third-order valence-electron chi connectivity index (χ3n) is 5.14. The van der Waals surface area contributed by atoms with Crippen LogP contribution in [0.2, 0.25) is 0 Å². The molecule has 3 rings (SSSR count). The first-order chi connectivity index (χ1) is 15.9. The molecule has 0 spiro atoms. The lowest BCUT2D eigenvalue weighted by atomic mass is 10.1. The van der Waals surface area contributed by atoms with E-state index in [1.165, 1.54) is 0 Å². The zero-order valence-electron chi connectivity index (χ0n) is 19.1. The Hall–Kier alpha value is -3.39. The Bertz CT molecular complexity index is 953. The molecular formula is C25H32N4O4. The van der Waals surface area contributed by atoms with Crippen LogP contribution in [-0.2, 0) is 14.3 Å². The Morgan fingerprint density at radius 2 is 1.67 bits per heavy atom. The Balaban J connectivity index is 1.44. The van der Waals surface area contributed by atoms with Crippen LogP contribution < -0.4 is 21.3 Å². The van der Waals surface area contributed by atoms with Gasteiger partial charge < -0.3 is 26.0 Å². The number of anilines is 3. The highest BCUT2D eigenvalue weighted by atomic mass is 16.5. The number of benzene rings is 2. The standard InChI is InChI=1S/C25H32N4O4/c1-17(2)13-23(30)28-19-8-10-20(11-9-19)29-24(31)16-26-21-6-3-5-18(14-21)25(32)27-15-22-7-4-12-33-22/h3,5-6,8-11,14,17,22,26H,4,7,12-13,15-16H2,1-2H3,(H,27,32)(H,28,30)(H,29,31). The van der Waals surface area contributed by atoms with Crippen molar-refractivity contribution >= 4 is 34.8 Å². The molecule has 1 unspecified atom stereocenters. The monoisotopic (exact) mass is 452 g/mol. The highest BCUT2D eigenvalue weighted by Crippen LogP contribution is 2.16. The predicted octanol–water partition coefficient (Wildman–Crippen LogP) is 3.63. The summed E-state index contributed by atoms with van der Waals surface area (Å²) in [5.74, 6) is -0.134. The zero-order chi connectivity index (χ0) is 23.6. The largest absolute Gasteiger partial charge is 0.376 e. The summed E-state index contributed by atoms with van der Waals surface area (Å²) in [5.41, 5.74) is 2.52. The second kappa shape index (κ2) is 12.0. The van der Waals surface area contributed by atoms with Crippen LogP contribution in [0.3, 0.4) is 0 Å². The molecule has 8 heteroatoms. The van der Waals surface area contributed by atoms with Crippen molar-refractivity contribution < 1.29 is 19.1 Å². The molecule has 1 aliphatic heterocycles. The van der Waals surface area contributed by atoms with Gasteiger partial charge in [0.2, 0.25) is 11.8 Å². The molecule has 33 heavy (non-hydrogen) atoms. The molecule has 0 saturated carbocycles. The van der Waals surface area contributed by atoms with E-state index in [9.17, 15) is 14.4 Å². The summed E-state index contributed by atoms with van der Waals surface area (Å²) in [6.07, 6.45) is 2.54. The second-order valence-electron chi connectivity index (χ2n) is 8.55. The minimum absolute atomic E-state index is 0.0335. The molecule has 176 valence electrons. The summed E-state index contributed by atoms with van der Waals surface area (Å²) in [5, 5.41) is 11.6. The molecule has 2 aromatic carbocycles. The van der Waals surface area contributed by atoms with Gasteiger partial charge in [0.25, 0.3) is 5.91 Å². The first-order valence-corrected chi connectivity index (χ1v) is 11.3. The molecule has 0 aromatic heterocycles. The second-order valence-corrected chi connectivity index (χ2v) is 8.55. The van der Waals surface area contributed by atoms with Crippen LogP contribution in [0, 0.1) is 5.92 Å². The lowest BCUT2D eigenvalue weighted by Gasteiger charge is -2.12. The van der Waals surface area contributed by atoms with Crippen molar-refractivity contribution in [1.29, 1.82) is 0 Å². The smallest absolute Gasteiger partial charge is 0.251 e. The minimum Gasteiger partial charge on any atom is -0.376 e. The van der Waals surface area contributed by atoms with Gasteiger partial charge in [0.1, 0.15) is 0 Å². The first-order valence-electron chi connectivity index (χ1n) is 11.3. The van der Waals surface area contributed by atoms with Crippen molar-refractivity contribution in [2.75, 3.05) is 35.6 Å². The maximum Gasteiger partial charge on any atom is 0.251 e. The van der Waals surface area contributed by atoms with E-state index < -0.39 is 0 Å². The molecular weight excluding hydrogens is 420 g/mol. The number of hydrogen-bond acceptors (Lipinski definition) is 5. The van der Waals surface area contributed by atoms with Gasteiger partial charge in [0.15, 0.2) is 0 Å². The van der Waals surface area contributed by atoms with Crippen LogP contribution in [0.1, 0.15) is 43.5 Å². The predicted molar refractivity (Wildman–Crippen MR) is 129 cm³/mol. The van der Waals surface area contributed by atoms with Gasteiger partial charge in [0.05, 0.1) is 12.6 Å². The fraction of sp³-hybridized carbons (Fsp3) is 0.400. The lowest BCUT2D eigenvalue weighted by molar-refractivity contribution is -0.117. The summed E-state index contributed by atoms with van der Waals surface area (Å²) in [6, 6.07) is 14.0. The summed E-state index contributed by atoms with van der Waals surface area (Å²) >= 11 is 0. The summed E-state index contributed by atoms with van der Waals surface area (Å²) in [7, 11) is 0. The van der Waals surface area contributed by atoms with E-state index in [1.54, 1.807) is 48.5 Å². The molecule has 1 saturated heterocycles. The molecule has 4 N–H and O–H groups in total. The number of amides is 3. The molecule has 1 heterocycles. The van der Waals surface area contributed by atoms with E-state index in [2.05, 4.69) is 21.3 Å². The van der Waals surface area contributed by atoms with Crippen molar-refractivity contribution in [3.63, 3.8) is 0 Å². The van der Waals surface area contributed by atoms with Crippen molar-refractivity contribution in [3.8, 4) is 0 Å². The minimum atomic E-state index is -0.222. The van der Waals surface area contributed by atoms with Crippen LogP contribution in [0.15, 0.2) is 48.5 Å². The molecule has 0 aliphatic carbocycles. The molecule has 2 aromatic rings. The number of carbonyl (C=O) groups excluding carboxylic acids is 3. The SMILES string of the molecule is CC(C)CC(=O)Nc1ccc(NC(=O)CNc2cccc(C(=O)NCC3CCCO3)c2)cc1. The fourth-order valence-corrected chi connectivity index (χ4v) is 3.49. The maximum atomic E-state index is 12.4. The molecule has 1 atom stereocenters. The summed E-state index contributed by atoms with van der Waals surface area (Å²) in [4.78, 5) is 36.5. The highest BCUT2D eigenvalue weighted by Gasteiger charge is 2.16. The number of hydrogen-bond donors (Lipinski definition) is 4. The van der Waals surface area contributed by atoms with Gasteiger partial charge in [-0.1, -0.05) is 19.9 Å². The normalized spacial score (nSPS) is 15.2. The number of carbonyl (C=O) groups is 3. The molecule has 0 bridgehead atoms.